The number of benzene rings is 3. The predicted molar refractivity (Wildman–Crippen MR) is 187 cm³/mol. The molecule has 2 N–H and O–H groups in total. The summed E-state index contributed by atoms with van der Waals surface area (Å²) in [5.74, 6) is -0.166. The Hall–Kier alpha value is -4.57. The Balaban J connectivity index is 1.57. The maximum Gasteiger partial charge on any atom is 0.269 e. The van der Waals surface area contributed by atoms with Crippen molar-refractivity contribution in [3.63, 3.8) is 0 Å². The first-order valence-electron chi connectivity index (χ1n) is 16.4. The standard InChI is InChI=1S/C35H45N5O9S/c1-26(2)22-39(50(46,47)31-15-11-29(12-16-31)40(44)45)23-33(41)32(21-27-7-5-4-6-8-27)36-34(42)24-38(28-9-13-30(48-3)14-10-28)25-35(43)37-17-19-49-20-18-37/h4-16,26,32-33,41H,17-25H2,1-3H3,(H,36,42)/t32-,33-/m0/s1. The molecule has 2 atom stereocenters. The molecule has 0 aliphatic carbocycles. The van der Waals surface area contributed by atoms with Gasteiger partial charge in [-0.2, -0.15) is 4.31 Å². The zero-order chi connectivity index (χ0) is 36.3. The van der Waals surface area contributed by atoms with E-state index in [0.717, 1.165) is 22.0 Å². The number of sulfonamides is 1. The largest absolute Gasteiger partial charge is 0.497 e. The van der Waals surface area contributed by atoms with Crippen LogP contribution in [0.1, 0.15) is 19.4 Å². The number of nitrogens with zero attached hydrogens (tertiary/aromatic N) is 4. The number of amides is 2. The zero-order valence-electron chi connectivity index (χ0n) is 28.5. The van der Waals surface area contributed by atoms with E-state index in [9.17, 15) is 33.2 Å². The van der Waals surface area contributed by atoms with Crippen LogP contribution in [0.25, 0.3) is 0 Å². The van der Waals surface area contributed by atoms with Gasteiger partial charge in [0.1, 0.15) is 5.75 Å². The number of non-ortho nitro benzene ring substituents is 1. The van der Waals surface area contributed by atoms with Crippen LogP contribution < -0.4 is 15.0 Å². The number of hydrogen-bond donors (Lipinski definition) is 2. The lowest BCUT2D eigenvalue weighted by molar-refractivity contribution is -0.384. The summed E-state index contributed by atoms with van der Waals surface area (Å²) in [5, 5.41) is 25.7. The van der Waals surface area contributed by atoms with E-state index < -0.39 is 33.0 Å². The van der Waals surface area contributed by atoms with Crippen LogP contribution in [0.2, 0.25) is 0 Å². The number of aliphatic hydroxyl groups is 1. The number of nitrogens with one attached hydrogen (secondary N) is 1. The molecule has 4 rings (SSSR count). The van der Waals surface area contributed by atoms with Crippen molar-refractivity contribution in [2.24, 2.45) is 5.92 Å². The summed E-state index contributed by atoms with van der Waals surface area (Å²) >= 11 is 0. The summed E-state index contributed by atoms with van der Waals surface area (Å²) in [4.78, 5) is 40.7. The highest BCUT2D eigenvalue weighted by atomic mass is 32.2. The Morgan fingerprint density at radius 2 is 1.62 bits per heavy atom. The van der Waals surface area contributed by atoms with Crippen molar-refractivity contribution in [1.29, 1.82) is 0 Å². The second-order valence-electron chi connectivity index (χ2n) is 12.4. The maximum absolute atomic E-state index is 13.8. The van der Waals surface area contributed by atoms with E-state index in [1.54, 1.807) is 41.2 Å². The van der Waals surface area contributed by atoms with Gasteiger partial charge in [-0.15, -0.1) is 0 Å². The number of aliphatic hydroxyl groups excluding tert-OH is 1. The van der Waals surface area contributed by atoms with E-state index in [2.05, 4.69) is 5.32 Å². The van der Waals surface area contributed by atoms with Gasteiger partial charge >= 0.3 is 0 Å². The molecule has 0 radical (unpaired) electrons. The molecule has 1 fully saturated rings. The third-order valence-corrected chi connectivity index (χ3v) is 10.1. The molecule has 3 aromatic rings. The van der Waals surface area contributed by atoms with Gasteiger partial charge in [-0.05, 0) is 54.3 Å². The van der Waals surface area contributed by atoms with Gasteiger partial charge in [-0.3, -0.25) is 19.7 Å². The number of nitro groups is 1. The van der Waals surface area contributed by atoms with E-state index in [1.165, 1.54) is 12.1 Å². The molecule has 14 nitrogen and oxygen atoms in total. The molecular formula is C35H45N5O9S. The van der Waals surface area contributed by atoms with Crippen LogP contribution in [0.3, 0.4) is 0 Å². The molecule has 1 heterocycles. The smallest absolute Gasteiger partial charge is 0.269 e. The van der Waals surface area contributed by atoms with Crippen LogP contribution in [0.4, 0.5) is 11.4 Å². The number of carbonyl (C=O) groups is 2. The molecule has 50 heavy (non-hydrogen) atoms. The van der Waals surface area contributed by atoms with Crippen molar-refractivity contribution >= 4 is 33.2 Å². The van der Waals surface area contributed by atoms with Crippen molar-refractivity contribution in [3.05, 3.63) is 94.5 Å². The molecule has 1 saturated heterocycles. The van der Waals surface area contributed by atoms with E-state index in [1.807, 2.05) is 44.2 Å². The topological polar surface area (TPSA) is 172 Å². The highest BCUT2D eigenvalue weighted by Gasteiger charge is 2.32. The van der Waals surface area contributed by atoms with E-state index in [4.69, 9.17) is 9.47 Å². The molecule has 0 spiro atoms. The summed E-state index contributed by atoms with van der Waals surface area (Å²) in [5.41, 5.74) is 1.17. The Labute approximate surface area is 292 Å². The van der Waals surface area contributed by atoms with Crippen LogP contribution in [0, 0.1) is 16.0 Å². The normalized spacial score (nSPS) is 14.6. The first-order valence-corrected chi connectivity index (χ1v) is 17.8. The average molecular weight is 712 g/mol. The fourth-order valence-electron chi connectivity index (χ4n) is 5.59. The van der Waals surface area contributed by atoms with Crippen LogP contribution in [-0.4, -0.2) is 111 Å². The van der Waals surface area contributed by atoms with E-state index in [0.29, 0.717) is 37.7 Å². The lowest BCUT2D eigenvalue weighted by atomic mass is 10.0. The summed E-state index contributed by atoms with van der Waals surface area (Å²) in [6, 6.07) is 19.8. The summed E-state index contributed by atoms with van der Waals surface area (Å²) in [6.45, 7) is 4.82. The van der Waals surface area contributed by atoms with Crippen molar-refractivity contribution < 1.29 is 37.5 Å². The molecule has 0 bridgehead atoms. The third-order valence-electron chi connectivity index (χ3n) is 8.22. The highest BCUT2D eigenvalue weighted by Crippen LogP contribution is 2.23. The first-order chi connectivity index (χ1) is 23.9. The second kappa shape index (κ2) is 17.9. The van der Waals surface area contributed by atoms with Gasteiger partial charge in [-0.25, -0.2) is 8.42 Å². The molecule has 3 aromatic carbocycles. The van der Waals surface area contributed by atoms with Gasteiger partial charge in [0.2, 0.25) is 21.8 Å². The minimum absolute atomic E-state index is 0.0529. The lowest BCUT2D eigenvalue weighted by Crippen LogP contribution is -2.53. The number of ether oxygens (including phenoxy) is 2. The third kappa shape index (κ3) is 10.7. The zero-order valence-corrected chi connectivity index (χ0v) is 29.3. The minimum atomic E-state index is -4.19. The molecular weight excluding hydrogens is 666 g/mol. The quantitative estimate of drug-likeness (QED) is 0.157. The molecule has 15 heteroatoms. The van der Waals surface area contributed by atoms with Crippen LogP contribution in [0.5, 0.6) is 5.75 Å². The molecule has 270 valence electrons. The van der Waals surface area contributed by atoms with Crippen molar-refractivity contribution in [3.8, 4) is 5.75 Å². The van der Waals surface area contributed by atoms with Gasteiger partial charge in [0.25, 0.3) is 5.69 Å². The number of nitro benzene ring substituents is 1. The SMILES string of the molecule is COc1ccc(N(CC(=O)N[C@@H](Cc2ccccc2)[C@@H](O)CN(CC(C)C)S(=O)(=O)c2ccc([N+](=O)[O-])cc2)CC(=O)N2CCOCC2)cc1. The summed E-state index contributed by atoms with van der Waals surface area (Å²) in [6.07, 6.45) is -1.16. The van der Waals surface area contributed by atoms with Gasteiger partial charge in [0.05, 0.1) is 55.4 Å². The van der Waals surface area contributed by atoms with Crippen LogP contribution in [0.15, 0.2) is 83.8 Å². The van der Waals surface area contributed by atoms with Crippen LogP contribution in [-0.2, 0) is 30.8 Å². The van der Waals surface area contributed by atoms with Gasteiger partial charge in [-0.1, -0.05) is 44.2 Å². The Bertz CT molecular complexity index is 1670. The van der Waals surface area contributed by atoms with E-state index in [-0.39, 0.29) is 55.0 Å². The van der Waals surface area contributed by atoms with Crippen LogP contribution >= 0.6 is 0 Å². The monoisotopic (exact) mass is 711 g/mol. The summed E-state index contributed by atoms with van der Waals surface area (Å²) < 4.78 is 39.3. The van der Waals surface area contributed by atoms with Gasteiger partial charge in [0, 0.05) is 44.0 Å². The Morgan fingerprint density at radius 1 is 0.980 bits per heavy atom. The molecule has 0 saturated carbocycles. The van der Waals surface area contributed by atoms with Crippen molar-refractivity contribution in [2.45, 2.75) is 37.3 Å². The number of carbonyl (C=O) groups excluding carboxylic acids is 2. The van der Waals surface area contributed by atoms with Crippen molar-refractivity contribution in [2.75, 3.05) is 64.5 Å². The van der Waals surface area contributed by atoms with E-state index >= 15 is 0 Å². The number of hydrogen-bond acceptors (Lipinski definition) is 10. The fourth-order valence-corrected chi connectivity index (χ4v) is 7.21. The molecule has 2 amide bonds. The number of morpholine rings is 1. The molecule has 1 aliphatic rings. The Morgan fingerprint density at radius 3 is 2.20 bits per heavy atom. The fraction of sp³-hybridized carbons (Fsp3) is 0.429. The van der Waals surface area contributed by atoms with Gasteiger partial charge < -0.3 is 29.7 Å². The Kier molecular flexibility index (Phi) is 13.7. The molecule has 0 unspecified atom stereocenters. The predicted octanol–water partition coefficient (Wildman–Crippen LogP) is 2.70. The molecule has 1 aliphatic heterocycles. The minimum Gasteiger partial charge on any atom is -0.497 e. The maximum atomic E-state index is 13.8. The van der Waals surface area contributed by atoms with Crippen molar-refractivity contribution in [1.82, 2.24) is 14.5 Å². The average Bonchev–Trinajstić information content (AvgIpc) is 3.11. The lowest BCUT2D eigenvalue weighted by Gasteiger charge is -2.32. The second-order valence-corrected chi connectivity index (χ2v) is 14.4. The summed E-state index contributed by atoms with van der Waals surface area (Å²) in [7, 11) is -2.64. The first kappa shape index (κ1) is 38.2. The number of anilines is 1. The number of methoxy groups -OCH3 is 1. The van der Waals surface area contributed by atoms with Gasteiger partial charge in [0.15, 0.2) is 0 Å². The highest BCUT2D eigenvalue weighted by molar-refractivity contribution is 7.89. The molecule has 0 aromatic heterocycles. The number of rotatable bonds is 17.